The van der Waals surface area contributed by atoms with Crippen LogP contribution in [-0.4, -0.2) is 63.9 Å². The van der Waals surface area contributed by atoms with Crippen molar-refractivity contribution in [2.75, 3.05) is 31.1 Å². The second-order valence-corrected chi connectivity index (χ2v) is 9.43. The number of H-pyrrole nitrogens is 1. The van der Waals surface area contributed by atoms with E-state index in [9.17, 15) is 22.8 Å². The first kappa shape index (κ1) is 25.1. The summed E-state index contributed by atoms with van der Waals surface area (Å²) in [6.45, 7) is 5.53. The molecule has 1 aliphatic heterocycles. The molecule has 0 radical (unpaired) electrons. The number of hydrogen-bond donors (Lipinski definition) is 2. The summed E-state index contributed by atoms with van der Waals surface area (Å²) in [6.07, 6.45) is 0.0144. The van der Waals surface area contributed by atoms with E-state index in [1.807, 2.05) is 13.8 Å². The van der Waals surface area contributed by atoms with Crippen LogP contribution in [0.15, 0.2) is 29.1 Å². The Bertz CT molecular complexity index is 1420. The predicted octanol–water partition coefficient (Wildman–Crippen LogP) is 3.18. The van der Waals surface area contributed by atoms with Crippen LogP contribution in [0, 0.1) is 11.8 Å². The number of carbonyl (C=O) groups is 1. The Balaban J connectivity index is 1.25. The number of aromatic nitrogens is 3. The second kappa shape index (κ2) is 9.40. The van der Waals surface area contributed by atoms with Crippen LogP contribution in [0.4, 0.5) is 23.2 Å². The van der Waals surface area contributed by atoms with Crippen molar-refractivity contribution >= 4 is 22.6 Å². The molecule has 2 atom stereocenters. The van der Waals surface area contributed by atoms with E-state index in [1.54, 1.807) is 17.0 Å². The van der Waals surface area contributed by atoms with Gasteiger partial charge in [0.05, 0.1) is 17.2 Å². The molecule has 37 heavy (non-hydrogen) atoms. The lowest BCUT2D eigenvalue weighted by Crippen LogP contribution is -2.47. The van der Waals surface area contributed by atoms with Gasteiger partial charge in [-0.2, -0.15) is 4.39 Å². The average Bonchev–Trinajstić information content (AvgIpc) is 3.49. The van der Waals surface area contributed by atoms with E-state index in [0.29, 0.717) is 49.4 Å². The van der Waals surface area contributed by atoms with E-state index in [0.717, 1.165) is 0 Å². The number of aryl methyl sites for hydroxylation is 1. The van der Waals surface area contributed by atoms with Gasteiger partial charge in [0.2, 0.25) is 5.95 Å². The first-order chi connectivity index (χ1) is 17.6. The van der Waals surface area contributed by atoms with Gasteiger partial charge in [-0.3, -0.25) is 14.5 Å². The third-order valence-electron chi connectivity index (χ3n) is 7.09. The van der Waals surface area contributed by atoms with Gasteiger partial charge in [0.1, 0.15) is 16.9 Å². The first-order valence-corrected chi connectivity index (χ1v) is 12.1. The summed E-state index contributed by atoms with van der Waals surface area (Å²) in [5.74, 6) is -5.15. The summed E-state index contributed by atoms with van der Waals surface area (Å²) in [7, 11) is 0. The fraction of sp³-hybridized carbons (Fsp3) is 0.440. The molecule has 1 saturated carbocycles. The minimum atomic E-state index is -2.92. The molecule has 3 heterocycles. The van der Waals surface area contributed by atoms with E-state index in [4.69, 9.17) is 0 Å². The molecule has 12 heteroatoms. The molecule has 2 aromatic heterocycles. The Labute approximate surface area is 209 Å². The summed E-state index contributed by atoms with van der Waals surface area (Å²) < 4.78 is 56.1. The Morgan fingerprint density at radius 2 is 1.86 bits per heavy atom. The summed E-state index contributed by atoms with van der Waals surface area (Å²) in [5, 5.41) is 2.15. The number of piperazine rings is 1. The van der Waals surface area contributed by atoms with Crippen molar-refractivity contribution < 1.29 is 22.4 Å². The maximum Gasteiger partial charge on any atom is 0.270 e. The molecule has 5 rings (SSSR count). The minimum absolute atomic E-state index is 0.0767. The maximum atomic E-state index is 15.3. The van der Waals surface area contributed by atoms with Crippen molar-refractivity contribution in [2.24, 2.45) is 0 Å². The van der Waals surface area contributed by atoms with Crippen molar-refractivity contribution in [1.82, 2.24) is 25.2 Å². The fourth-order valence-electron chi connectivity index (χ4n) is 4.68. The summed E-state index contributed by atoms with van der Waals surface area (Å²) in [5.41, 5.74) is 0.774. The Morgan fingerprint density at radius 1 is 1.16 bits per heavy atom. The molecule has 1 saturated heterocycles. The average molecular weight is 519 g/mol. The van der Waals surface area contributed by atoms with Gasteiger partial charge < -0.3 is 15.2 Å². The van der Waals surface area contributed by atoms with E-state index < -0.39 is 41.6 Å². The molecule has 2 unspecified atom stereocenters. The number of hydrogen-bond acceptors (Lipinski definition) is 6. The van der Waals surface area contributed by atoms with E-state index >= 15 is 4.39 Å². The molecule has 196 valence electrons. The Hall–Kier alpha value is -3.54. The molecule has 2 N–H and O–H groups in total. The van der Waals surface area contributed by atoms with Crippen LogP contribution in [0.3, 0.4) is 0 Å². The van der Waals surface area contributed by atoms with E-state index in [2.05, 4.69) is 25.2 Å². The standard InChI is InChI=1S/C25H26F4N6O2/c1-3-15-23(36)33-21-16(30-15)5-4-14(20(21)26)13(2)34-8-10-35(11-9-34)18-7-6-17(31-22(18)27)24(37)32-19-12-25(19,28)29/h4-7,13,19H,3,8-12H2,1-2H3,(H,32,37)(H,33,36). The second-order valence-electron chi connectivity index (χ2n) is 9.43. The van der Waals surface area contributed by atoms with Gasteiger partial charge in [0.25, 0.3) is 17.4 Å². The van der Waals surface area contributed by atoms with E-state index in [-0.39, 0.29) is 22.9 Å². The number of carbonyl (C=O) groups excluding carboxylic acids is 1. The lowest BCUT2D eigenvalue weighted by Gasteiger charge is -2.39. The number of benzene rings is 1. The number of nitrogens with one attached hydrogen (secondary N) is 2. The Morgan fingerprint density at radius 3 is 2.49 bits per heavy atom. The highest BCUT2D eigenvalue weighted by atomic mass is 19.3. The number of amides is 1. The van der Waals surface area contributed by atoms with Crippen LogP contribution in [-0.2, 0) is 6.42 Å². The fourth-order valence-corrected chi connectivity index (χ4v) is 4.68. The normalized spacial score (nSPS) is 20.2. The highest BCUT2D eigenvalue weighted by Gasteiger charge is 2.58. The Kier molecular flexibility index (Phi) is 6.38. The summed E-state index contributed by atoms with van der Waals surface area (Å²) in [4.78, 5) is 38.6. The number of halogens is 4. The van der Waals surface area contributed by atoms with Gasteiger partial charge in [0.15, 0.2) is 5.82 Å². The number of pyridine rings is 1. The van der Waals surface area contributed by atoms with Crippen molar-refractivity contribution in [3.63, 3.8) is 0 Å². The predicted molar refractivity (Wildman–Crippen MR) is 129 cm³/mol. The quantitative estimate of drug-likeness (QED) is 0.385. The third-order valence-corrected chi connectivity index (χ3v) is 7.09. The molecule has 2 aliphatic rings. The van der Waals surface area contributed by atoms with Crippen LogP contribution in [0.2, 0.25) is 0 Å². The van der Waals surface area contributed by atoms with Crippen molar-refractivity contribution in [1.29, 1.82) is 0 Å². The smallest absolute Gasteiger partial charge is 0.270 e. The summed E-state index contributed by atoms with van der Waals surface area (Å²) >= 11 is 0. The molecule has 3 aromatic rings. The topological polar surface area (TPSA) is 94.2 Å². The SMILES string of the molecule is CCc1nc2ccc(C(C)N3CCN(c4ccc(C(=O)NC5CC5(F)F)nc4F)CC3)c(F)c2[nH]c1=O. The molecule has 0 bridgehead atoms. The molecular formula is C25H26F4N6O2. The van der Waals surface area contributed by atoms with Crippen LogP contribution < -0.4 is 15.8 Å². The number of alkyl halides is 2. The molecule has 8 nitrogen and oxygen atoms in total. The van der Waals surface area contributed by atoms with Crippen LogP contribution >= 0.6 is 0 Å². The van der Waals surface area contributed by atoms with Gasteiger partial charge >= 0.3 is 0 Å². The van der Waals surface area contributed by atoms with Crippen LogP contribution in [0.5, 0.6) is 0 Å². The van der Waals surface area contributed by atoms with Crippen molar-refractivity contribution in [3.05, 3.63) is 63.3 Å². The van der Waals surface area contributed by atoms with Crippen molar-refractivity contribution in [2.45, 2.75) is 44.7 Å². The zero-order valence-electron chi connectivity index (χ0n) is 20.3. The lowest BCUT2D eigenvalue weighted by atomic mass is 10.0. The lowest BCUT2D eigenvalue weighted by molar-refractivity contribution is 0.0844. The van der Waals surface area contributed by atoms with Crippen molar-refractivity contribution in [3.8, 4) is 0 Å². The highest BCUT2D eigenvalue weighted by Crippen LogP contribution is 2.41. The third kappa shape index (κ3) is 4.77. The molecule has 2 fully saturated rings. The number of rotatable bonds is 6. The highest BCUT2D eigenvalue weighted by molar-refractivity contribution is 5.93. The number of nitrogens with zero attached hydrogens (tertiary/aromatic N) is 4. The molecular weight excluding hydrogens is 492 g/mol. The zero-order chi connectivity index (χ0) is 26.5. The molecule has 0 spiro atoms. The molecule has 1 aliphatic carbocycles. The van der Waals surface area contributed by atoms with Crippen LogP contribution in [0.25, 0.3) is 11.0 Å². The van der Waals surface area contributed by atoms with Gasteiger partial charge in [-0.1, -0.05) is 13.0 Å². The van der Waals surface area contributed by atoms with Crippen LogP contribution in [0.1, 0.15) is 48.1 Å². The zero-order valence-corrected chi connectivity index (χ0v) is 20.3. The monoisotopic (exact) mass is 518 g/mol. The van der Waals surface area contributed by atoms with Gasteiger partial charge in [-0.15, -0.1) is 0 Å². The minimum Gasteiger partial charge on any atom is -0.365 e. The molecule has 1 aromatic carbocycles. The van der Waals surface area contributed by atoms with Gasteiger partial charge in [-0.25, -0.2) is 23.1 Å². The van der Waals surface area contributed by atoms with Gasteiger partial charge in [-0.05, 0) is 31.5 Å². The molecule has 1 amide bonds. The number of aromatic amines is 1. The van der Waals surface area contributed by atoms with E-state index in [1.165, 1.54) is 12.1 Å². The first-order valence-electron chi connectivity index (χ1n) is 12.1. The van der Waals surface area contributed by atoms with Gasteiger partial charge in [0, 0.05) is 44.2 Å². The number of anilines is 1. The largest absolute Gasteiger partial charge is 0.365 e. The summed E-state index contributed by atoms with van der Waals surface area (Å²) in [6, 6.07) is 4.54. The number of fused-ring (bicyclic) bond motifs is 1. The maximum absolute atomic E-state index is 15.3.